The molecule has 2 heterocycles. The molecule has 6 nitrogen and oxygen atoms in total. The number of rotatable bonds is 7. The van der Waals surface area contributed by atoms with Gasteiger partial charge < -0.3 is 10.1 Å². The second-order valence-electron chi connectivity index (χ2n) is 5.79. The molecule has 1 aromatic carbocycles. The van der Waals surface area contributed by atoms with E-state index < -0.39 is 0 Å². The second-order valence-corrected chi connectivity index (χ2v) is 7.15. The highest BCUT2D eigenvalue weighted by atomic mass is 32.1. The molecule has 0 fully saturated rings. The van der Waals surface area contributed by atoms with Crippen molar-refractivity contribution in [2.24, 2.45) is 0 Å². The Morgan fingerprint density at radius 2 is 2.15 bits per heavy atom. The number of methoxy groups -OCH3 is 1. The first-order valence-corrected chi connectivity index (χ1v) is 9.49. The number of amides is 1. The largest absolute Gasteiger partial charge is 0.497 e. The summed E-state index contributed by atoms with van der Waals surface area (Å²) >= 11 is 6.95. The van der Waals surface area contributed by atoms with Gasteiger partial charge in [-0.05, 0) is 54.9 Å². The van der Waals surface area contributed by atoms with Crippen molar-refractivity contribution in [1.82, 2.24) is 20.1 Å². The molecule has 0 aliphatic carbocycles. The van der Waals surface area contributed by atoms with Crippen LogP contribution in [0, 0.1) is 4.77 Å². The first-order valence-electron chi connectivity index (χ1n) is 8.21. The Hall–Kier alpha value is -2.45. The SMILES string of the molecule is COc1ccc(-c2n[nH]c(=S)n2CCC(=O)N[C@@H](C)c2cccs2)cc1. The number of nitrogens with zero attached hydrogens (tertiary/aromatic N) is 2. The molecule has 3 aromatic rings. The van der Waals surface area contributed by atoms with Crippen molar-refractivity contribution in [2.75, 3.05) is 7.11 Å². The van der Waals surface area contributed by atoms with E-state index in [0.717, 1.165) is 16.2 Å². The molecule has 0 saturated heterocycles. The molecule has 26 heavy (non-hydrogen) atoms. The minimum atomic E-state index is -0.0188. The fraction of sp³-hybridized carbons (Fsp3) is 0.278. The highest BCUT2D eigenvalue weighted by Gasteiger charge is 2.13. The van der Waals surface area contributed by atoms with E-state index in [4.69, 9.17) is 17.0 Å². The van der Waals surface area contributed by atoms with Gasteiger partial charge in [-0.2, -0.15) is 5.10 Å². The molecule has 1 atom stereocenters. The number of H-pyrrole nitrogens is 1. The van der Waals surface area contributed by atoms with Crippen LogP contribution >= 0.6 is 23.6 Å². The number of aromatic nitrogens is 3. The Bertz CT molecular complexity index is 914. The van der Waals surface area contributed by atoms with Crippen LogP contribution < -0.4 is 10.1 Å². The lowest BCUT2D eigenvalue weighted by atomic mass is 10.2. The maximum Gasteiger partial charge on any atom is 0.222 e. The van der Waals surface area contributed by atoms with E-state index in [1.54, 1.807) is 18.4 Å². The van der Waals surface area contributed by atoms with Crippen LogP contribution in [0.25, 0.3) is 11.4 Å². The van der Waals surface area contributed by atoms with Crippen molar-refractivity contribution < 1.29 is 9.53 Å². The lowest BCUT2D eigenvalue weighted by molar-refractivity contribution is -0.121. The van der Waals surface area contributed by atoms with E-state index >= 15 is 0 Å². The Labute approximate surface area is 160 Å². The fourth-order valence-corrected chi connectivity index (χ4v) is 3.58. The molecule has 0 unspecified atom stereocenters. The Morgan fingerprint density at radius 3 is 2.81 bits per heavy atom. The lowest BCUT2D eigenvalue weighted by Crippen LogP contribution is -2.27. The summed E-state index contributed by atoms with van der Waals surface area (Å²) in [7, 11) is 1.63. The number of hydrogen-bond donors (Lipinski definition) is 2. The van der Waals surface area contributed by atoms with E-state index in [2.05, 4.69) is 15.5 Å². The molecule has 0 spiro atoms. The number of thiophene rings is 1. The first kappa shape index (κ1) is 18.3. The molecule has 3 rings (SSSR count). The number of nitrogens with one attached hydrogen (secondary N) is 2. The molecule has 0 bridgehead atoms. The van der Waals surface area contributed by atoms with E-state index in [1.807, 2.05) is 53.3 Å². The molecule has 2 N–H and O–H groups in total. The third-order valence-corrected chi connectivity index (χ3v) is 5.38. The second kappa shape index (κ2) is 8.29. The third kappa shape index (κ3) is 4.20. The van der Waals surface area contributed by atoms with Crippen LogP contribution in [0.1, 0.15) is 24.3 Å². The molecule has 1 amide bonds. The molecular formula is C18H20N4O2S2. The van der Waals surface area contributed by atoms with Crippen LogP contribution in [0.3, 0.4) is 0 Å². The average Bonchev–Trinajstić information content (AvgIpc) is 3.30. The van der Waals surface area contributed by atoms with Crippen molar-refractivity contribution >= 4 is 29.5 Å². The maximum absolute atomic E-state index is 12.3. The van der Waals surface area contributed by atoms with Gasteiger partial charge in [-0.3, -0.25) is 14.5 Å². The van der Waals surface area contributed by atoms with Crippen LogP contribution in [-0.2, 0) is 11.3 Å². The topological polar surface area (TPSA) is 71.9 Å². The quantitative estimate of drug-likeness (QED) is 0.601. The maximum atomic E-state index is 12.3. The van der Waals surface area contributed by atoms with Crippen molar-refractivity contribution in [2.45, 2.75) is 25.9 Å². The Morgan fingerprint density at radius 1 is 1.38 bits per heavy atom. The van der Waals surface area contributed by atoms with Crippen molar-refractivity contribution in [1.29, 1.82) is 0 Å². The number of benzene rings is 1. The molecule has 8 heteroatoms. The molecular weight excluding hydrogens is 368 g/mol. The van der Waals surface area contributed by atoms with Gasteiger partial charge in [0.25, 0.3) is 0 Å². The minimum absolute atomic E-state index is 0.000815. The summed E-state index contributed by atoms with van der Waals surface area (Å²) in [5, 5.41) is 12.1. The van der Waals surface area contributed by atoms with Gasteiger partial charge in [0.15, 0.2) is 10.6 Å². The van der Waals surface area contributed by atoms with E-state index in [-0.39, 0.29) is 11.9 Å². The smallest absolute Gasteiger partial charge is 0.222 e. The van der Waals surface area contributed by atoms with Crippen molar-refractivity contribution in [3.05, 3.63) is 51.4 Å². The summed E-state index contributed by atoms with van der Waals surface area (Å²) in [5.74, 6) is 1.46. The number of aromatic amines is 1. The van der Waals surface area contributed by atoms with Gasteiger partial charge in [0.2, 0.25) is 5.91 Å². The van der Waals surface area contributed by atoms with Crippen LogP contribution in [0.4, 0.5) is 0 Å². The number of carbonyl (C=O) groups excluding carboxylic acids is 1. The number of ether oxygens (including phenoxy) is 1. The molecule has 0 aliphatic heterocycles. The van der Waals surface area contributed by atoms with Crippen LogP contribution in [0.5, 0.6) is 5.75 Å². The number of hydrogen-bond acceptors (Lipinski definition) is 5. The van der Waals surface area contributed by atoms with Gasteiger partial charge in [-0.15, -0.1) is 11.3 Å². The van der Waals surface area contributed by atoms with E-state index in [0.29, 0.717) is 23.6 Å². The molecule has 0 saturated carbocycles. The number of carbonyl (C=O) groups is 1. The summed E-state index contributed by atoms with van der Waals surface area (Å²) in [6.07, 6.45) is 0.326. The van der Waals surface area contributed by atoms with Gasteiger partial charge in [-0.1, -0.05) is 6.07 Å². The average molecular weight is 389 g/mol. The lowest BCUT2D eigenvalue weighted by Gasteiger charge is -2.13. The molecule has 0 aliphatic rings. The van der Waals surface area contributed by atoms with Crippen molar-refractivity contribution in [3.8, 4) is 17.1 Å². The minimum Gasteiger partial charge on any atom is -0.497 e. The van der Waals surface area contributed by atoms with Gasteiger partial charge in [-0.25, -0.2) is 0 Å². The fourth-order valence-electron chi connectivity index (χ4n) is 2.62. The summed E-state index contributed by atoms with van der Waals surface area (Å²) in [5.41, 5.74) is 0.908. The normalized spacial score (nSPS) is 11.9. The Kier molecular flexibility index (Phi) is 5.85. The highest BCUT2D eigenvalue weighted by molar-refractivity contribution is 7.71. The predicted molar refractivity (Wildman–Crippen MR) is 105 cm³/mol. The van der Waals surface area contributed by atoms with Gasteiger partial charge in [0, 0.05) is 23.4 Å². The third-order valence-electron chi connectivity index (χ3n) is 4.02. The van der Waals surface area contributed by atoms with Gasteiger partial charge in [0.1, 0.15) is 5.75 Å². The molecule has 0 radical (unpaired) electrons. The standard InChI is InChI=1S/C18H20N4O2S2/c1-12(15-4-3-11-26-15)19-16(23)9-10-22-17(20-21-18(22)25)13-5-7-14(24-2)8-6-13/h3-8,11-12H,9-10H2,1-2H3,(H,19,23)(H,21,25)/t12-/m0/s1. The molecule has 136 valence electrons. The summed E-state index contributed by atoms with van der Waals surface area (Å²) in [6, 6.07) is 11.6. The Balaban J connectivity index is 1.67. The summed E-state index contributed by atoms with van der Waals surface area (Å²) in [6.45, 7) is 2.44. The molecule has 2 aromatic heterocycles. The summed E-state index contributed by atoms with van der Waals surface area (Å²) in [4.78, 5) is 13.4. The van der Waals surface area contributed by atoms with Crippen molar-refractivity contribution in [3.63, 3.8) is 0 Å². The highest BCUT2D eigenvalue weighted by Crippen LogP contribution is 2.21. The first-order chi connectivity index (χ1) is 12.6. The van der Waals surface area contributed by atoms with Gasteiger partial charge >= 0.3 is 0 Å². The van der Waals surface area contributed by atoms with E-state index in [1.165, 1.54) is 0 Å². The van der Waals surface area contributed by atoms with Crippen LogP contribution in [0.15, 0.2) is 41.8 Å². The zero-order valence-electron chi connectivity index (χ0n) is 14.6. The monoisotopic (exact) mass is 388 g/mol. The van der Waals surface area contributed by atoms with Crippen LogP contribution in [0.2, 0.25) is 0 Å². The van der Waals surface area contributed by atoms with E-state index in [9.17, 15) is 4.79 Å². The van der Waals surface area contributed by atoms with Crippen LogP contribution in [-0.4, -0.2) is 27.8 Å². The zero-order valence-corrected chi connectivity index (χ0v) is 16.2. The van der Waals surface area contributed by atoms with Gasteiger partial charge in [0.05, 0.1) is 13.2 Å². The summed E-state index contributed by atoms with van der Waals surface area (Å²) < 4.78 is 7.51. The zero-order chi connectivity index (χ0) is 18.5. The predicted octanol–water partition coefficient (Wildman–Crippen LogP) is 3.95.